The first-order valence-electron chi connectivity index (χ1n) is 7.88. The SMILES string of the molecule is COc1cc(/C=C(\C#N)C(=O)N[C@@H](C)c2ccccc2)cc([N+](=O)[O-])c1[O-]. The molecule has 8 nitrogen and oxygen atoms in total. The number of ether oxygens (including phenoxy) is 1. The monoisotopic (exact) mass is 366 g/mol. The summed E-state index contributed by atoms with van der Waals surface area (Å²) in [6.07, 6.45) is 1.17. The summed E-state index contributed by atoms with van der Waals surface area (Å²) in [6, 6.07) is 12.8. The van der Waals surface area contributed by atoms with Crippen molar-refractivity contribution in [3.63, 3.8) is 0 Å². The number of methoxy groups -OCH3 is 1. The van der Waals surface area contributed by atoms with Gasteiger partial charge in [0.25, 0.3) is 11.6 Å². The zero-order chi connectivity index (χ0) is 20.0. The van der Waals surface area contributed by atoms with E-state index in [4.69, 9.17) is 4.74 Å². The summed E-state index contributed by atoms with van der Waals surface area (Å²) in [7, 11) is 1.20. The third-order valence-corrected chi connectivity index (χ3v) is 3.80. The second-order valence-corrected chi connectivity index (χ2v) is 5.60. The Labute approximate surface area is 155 Å². The third-order valence-electron chi connectivity index (χ3n) is 3.80. The maximum Gasteiger partial charge on any atom is 0.266 e. The van der Waals surface area contributed by atoms with Crippen LogP contribution in [0.1, 0.15) is 24.1 Å². The van der Waals surface area contributed by atoms with Crippen LogP contribution >= 0.6 is 0 Å². The molecule has 1 N–H and O–H groups in total. The predicted molar refractivity (Wildman–Crippen MR) is 95.7 cm³/mol. The number of amides is 1. The van der Waals surface area contributed by atoms with Crippen LogP contribution in [0.4, 0.5) is 5.69 Å². The molecule has 0 spiro atoms. The summed E-state index contributed by atoms with van der Waals surface area (Å²) in [4.78, 5) is 22.6. The van der Waals surface area contributed by atoms with E-state index in [0.717, 1.165) is 11.6 Å². The van der Waals surface area contributed by atoms with Crippen LogP contribution in [-0.4, -0.2) is 17.9 Å². The summed E-state index contributed by atoms with van der Waals surface area (Å²) in [5.74, 6) is -1.76. The molecule has 2 aromatic rings. The smallest absolute Gasteiger partial charge is 0.266 e. The van der Waals surface area contributed by atoms with E-state index in [9.17, 15) is 25.3 Å². The van der Waals surface area contributed by atoms with Crippen LogP contribution in [0.3, 0.4) is 0 Å². The Morgan fingerprint density at radius 2 is 2.00 bits per heavy atom. The maximum atomic E-state index is 12.4. The molecule has 1 atom stereocenters. The van der Waals surface area contributed by atoms with Gasteiger partial charge in [-0.3, -0.25) is 14.9 Å². The van der Waals surface area contributed by atoms with Gasteiger partial charge in [-0.2, -0.15) is 5.26 Å². The van der Waals surface area contributed by atoms with Gasteiger partial charge >= 0.3 is 0 Å². The van der Waals surface area contributed by atoms with Crippen molar-refractivity contribution in [1.29, 1.82) is 5.26 Å². The minimum Gasteiger partial charge on any atom is -0.865 e. The van der Waals surface area contributed by atoms with Crippen molar-refractivity contribution >= 4 is 17.7 Å². The molecule has 0 unspecified atom stereocenters. The molecule has 0 bridgehead atoms. The average Bonchev–Trinajstić information content (AvgIpc) is 2.67. The van der Waals surface area contributed by atoms with Gasteiger partial charge in [0, 0.05) is 11.8 Å². The highest BCUT2D eigenvalue weighted by Crippen LogP contribution is 2.35. The molecule has 138 valence electrons. The van der Waals surface area contributed by atoms with E-state index in [-0.39, 0.29) is 22.9 Å². The van der Waals surface area contributed by atoms with Crippen molar-refractivity contribution in [2.24, 2.45) is 0 Å². The number of hydrogen-bond acceptors (Lipinski definition) is 6. The number of nitrogens with one attached hydrogen (secondary N) is 1. The fraction of sp³-hybridized carbons (Fsp3) is 0.158. The number of nitriles is 1. The van der Waals surface area contributed by atoms with E-state index >= 15 is 0 Å². The molecule has 0 saturated heterocycles. The molecule has 2 rings (SSSR count). The van der Waals surface area contributed by atoms with Crippen LogP contribution in [0, 0.1) is 21.4 Å². The van der Waals surface area contributed by atoms with Gasteiger partial charge in [0.05, 0.1) is 18.1 Å². The van der Waals surface area contributed by atoms with Crippen LogP contribution < -0.4 is 15.2 Å². The Bertz CT molecular complexity index is 932. The first kappa shape index (κ1) is 19.5. The fourth-order valence-corrected chi connectivity index (χ4v) is 2.39. The lowest BCUT2D eigenvalue weighted by Gasteiger charge is -2.15. The van der Waals surface area contributed by atoms with Gasteiger partial charge in [-0.1, -0.05) is 30.3 Å². The van der Waals surface area contributed by atoms with E-state index in [1.54, 1.807) is 13.0 Å². The van der Waals surface area contributed by atoms with Crippen LogP contribution in [0.15, 0.2) is 48.0 Å². The van der Waals surface area contributed by atoms with Gasteiger partial charge in [0.15, 0.2) is 0 Å². The molecule has 0 fully saturated rings. The molecule has 0 heterocycles. The Hall–Kier alpha value is -3.86. The molecule has 0 radical (unpaired) electrons. The lowest BCUT2D eigenvalue weighted by Crippen LogP contribution is -2.27. The second kappa shape index (κ2) is 8.49. The van der Waals surface area contributed by atoms with Crippen molar-refractivity contribution in [3.05, 3.63) is 69.3 Å². The largest absolute Gasteiger partial charge is 0.865 e. The molecule has 0 saturated carbocycles. The molecule has 0 aliphatic heterocycles. The highest BCUT2D eigenvalue weighted by molar-refractivity contribution is 6.02. The molecular weight excluding hydrogens is 350 g/mol. The number of nitro groups is 1. The number of benzene rings is 2. The summed E-state index contributed by atoms with van der Waals surface area (Å²) < 4.78 is 4.84. The van der Waals surface area contributed by atoms with E-state index in [1.165, 1.54) is 19.3 Å². The minimum absolute atomic E-state index is 0.136. The number of nitrogens with zero attached hydrogens (tertiary/aromatic N) is 2. The quantitative estimate of drug-likeness (QED) is 0.362. The second-order valence-electron chi connectivity index (χ2n) is 5.60. The zero-order valence-corrected chi connectivity index (χ0v) is 14.6. The van der Waals surface area contributed by atoms with Gasteiger partial charge in [0.2, 0.25) is 0 Å². The first-order valence-corrected chi connectivity index (χ1v) is 7.88. The lowest BCUT2D eigenvalue weighted by molar-refractivity contribution is -0.398. The highest BCUT2D eigenvalue weighted by atomic mass is 16.6. The molecule has 27 heavy (non-hydrogen) atoms. The highest BCUT2D eigenvalue weighted by Gasteiger charge is 2.16. The minimum atomic E-state index is -0.875. The van der Waals surface area contributed by atoms with Crippen molar-refractivity contribution in [3.8, 4) is 17.6 Å². The van der Waals surface area contributed by atoms with Crippen molar-refractivity contribution in [2.45, 2.75) is 13.0 Å². The molecule has 8 heteroatoms. The number of carbonyl (C=O) groups excluding carboxylic acids is 1. The van der Waals surface area contributed by atoms with Gasteiger partial charge < -0.3 is 15.2 Å². The summed E-state index contributed by atoms with van der Waals surface area (Å²) in [5, 5.41) is 34.9. The predicted octanol–water partition coefficient (Wildman–Crippen LogP) is 2.46. The number of hydrogen-bond donors (Lipinski definition) is 1. The summed E-state index contributed by atoms with van der Waals surface area (Å²) in [6.45, 7) is 1.77. The normalized spacial score (nSPS) is 12.0. The van der Waals surface area contributed by atoms with E-state index in [1.807, 2.05) is 30.3 Å². The Morgan fingerprint density at radius 3 is 2.56 bits per heavy atom. The fourth-order valence-electron chi connectivity index (χ4n) is 2.39. The number of rotatable bonds is 6. The van der Waals surface area contributed by atoms with Gasteiger partial charge in [-0.15, -0.1) is 0 Å². The van der Waals surface area contributed by atoms with Crippen LogP contribution in [0.5, 0.6) is 11.5 Å². The molecule has 2 aromatic carbocycles. The Kier molecular flexibility index (Phi) is 6.12. The van der Waals surface area contributed by atoms with Crippen molar-refractivity contribution in [2.75, 3.05) is 7.11 Å². The van der Waals surface area contributed by atoms with Crippen molar-refractivity contribution in [1.82, 2.24) is 5.32 Å². The summed E-state index contributed by atoms with van der Waals surface area (Å²) in [5.41, 5.74) is 0.0390. The third kappa shape index (κ3) is 4.61. The van der Waals surface area contributed by atoms with Gasteiger partial charge in [-0.25, -0.2) is 0 Å². The van der Waals surface area contributed by atoms with E-state index in [2.05, 4.69) is 5.32 Å². The van der Waals surface area contributed by atoms with Gasteiger partial charge in [-0.05, 0) is 30.2 Å². The molecular formula is C19H16N3O5-. The molecule has 0 aliphatic carbocycles. The first-order chi connectivity index (χ1) is 12.9. The topological polar surface area (TPSA) is 128 Å². The molecule has 1 amide bonds. The van der Waals surface area contributed by atoms with Crippen LogP contribution in [0.2, 0.25) is 0 Å². The van der Waals surface area contributed by atoms with Crippen LogP contribution in [-0.2, 0) is 4.79 Å². The van der Waals surface area contributed by atoms with E-state index < -0.39 is 22.3 Å². The average molecular weight is 366 g/mol. The maximum absolute atomic E-state index is 12.4. The van der Waals surface area contributed by atoms with Crippen LogP contribution in [0.25, 0.3) is 6.08 Å². The molecule has 0 aromatic heterocycles. The lowest BCUT2D eigenvalue weighted by atomic mass is 10.1. The van der Waals surface area contributed by atoms with Crippen molar-refractivity contribution < 1.29 is 19.6 Å². The van der Waals surface area contributed by atoms with E-state index in [0.29, 0.717) is 0 Å². The Balaban J connectivity index is 2.32. The Morgan fingerprint density at radius 1 is 1.33 bits per heavy atom. The standard InChI is InChI=1S/C19H17N3O5/c1-12(14-6-4-3-5-7-14)21-19(24)15(11-20)8-13-9-16(22(25)26)18(23)17(10-13)27-2/h3-10,12,23H,1-2H3,(H,21,24)/p-1/b15-8+/t12-/m0/s1. The zero-order valence-electron chi connectivity index (χ0n) is 14.6. The number of carbonyl (C=O) groups is 1. The molecule has 0 aliphatic rings. The van der Waals surface area contributed by atoms with Gasteiger partial charge in [0.1, 0.15) is 17.4 Å². The number of nitro benzene ring substituents is 1. The summed E-state index contributed by atoms with van der Waals surface area (Å²) >= 11 is 0.